The molecule has 1 aliphatic heterocycles. The Morgan fingerprint density at radius 2 is 1.63 bits per heavy atom. The van der Waals surface area contributed by atoms with E-state index in [0.29, 0.717) is 16.9 Å². The molecule has 0 atom stereocenters. The highest BCUT2D eigenvalue weighted by Crippen LogP contribution is 2.31. The number of hydrogen-bond acceptors (Lipinski definition) is 6. The van der Waals surface area contributed by atoms with Gasteiger partial charge in [0.15, 0.2) is 0 Å². The molecule has 0 aliphatic carbocycles. The maximum Gasteiger partial charge on any atom is 0.338 e. The van der Waals surface area contributed by atoms with Gasteiger partial charge in [-0.1, -0.05) is 55.8 Å². The summed E-state index contributed by atoms with van der Waals surface area (Å²) in [6, 6.07) is 20.1. The van der Waals surface area contributed by atoms with E-state index in [9.17, 15) is 19.2 Å². The van der Waals surface area contributed by atoms with E-state index in [4.69, 9.17) is 16.3 Å². The quantitative estimate of drug-likeness (QED) is 0.286. The number of amides is 3. The van der Waals surface area contributed by atoms with Gasteiger partial charge in [-0.3, -0.25) is 14.4 Å². The smallest absolute Gasteiger partial charge is 0.338 e. The maximum absolute atomic E-state index is 13.2. The zero-order valence-electron chi connectivity index (χ0n) is 21.1. The van der Waals surface area contributed by atoms with E-state index in [-0.39, 0.29) is 40.4 Å². The van der Waals surface area contributed by atoms with E-state index in [1.165, 1.54) is 18.2 Å². The lowest BCUT2D eigenvalue weighted by atomic mass is 10.0. The molecule has 3 amide bonds. The second-order valence-corrected chi connectivity index (χ2v) is 9.19. The van der Waals surface area contributed by atoms with Crippen LogP contribution in [0.3, 0.4) is 0 Å². The predicted octanol–water partition coefficient (Wildman–Crippen LogP) is 5.67. The highest BCUT2D eigenvalue weighted by molar-refractivity contribution is 6.53. The van der Waals surface area contributed by atoms with Crippen LogP contribution in [0.25, 0.3) is 0 Å². The van der Waals surface area contributed by atoms with Gasteiger partial charge < -0.3 is 15.4 Å². The van der Waals surface area contributed by atoms with E-state index in [1.807, 2.05) is 38.1 Å². The lowest BCUT2D eigenvalue weighted by Gasteiger charge is -2.16. The number of halogens is 1. The molecule has 0 fully saturated rings. The Kier molecular flexibility index (Phi) is 7.93. The fourth-order valence-electron chi connectivity index (χ4n) is 4.02. The van der Waals surface area contributed by atoms with Gasteiger partial charge in [-0.15, -0.1) is 0 Å². The fourth-order valence-corrected chi connectivity index (χ4v) is 4.24. The van der Waals surface area contributed by atoms with Crippen LogP contribution < -0.4 is 15.5 Å². The summed E-state index contributed by atoms with van der Waals surface area (Å²) >= 11 is 6.26. The topological polar surface area (TPSA) is 105 Å². The van der Waals surface area contributed by atoms with Crippen LogP contribution in [0, 0.1) is 0 Å². The van der Waals surface area contributed by atoms with Gasteiger partial charge in [0.25, 0.3) is 17.7 Å². The molecule has 0 saturated carbocycles. The minimum absolute atomic E-state index is 0.138. The average molecular weight is 532 g/mol. The van der Waals surface area contributed by atoms with Gasteiger partial charge >= 0.3 is 5.97 Å². The van der Waals surface area contributed by atoms with Gasteiger partial charge in [0.1, 0.15) is 10.7 Å². The number of carbonyl (C=O) groups excluding carboxylic acids is 4. The van der Waals surface area contributed by atoms with Crippen molar-refractivity contribution in [1.29, 1.82) is 0 Å². The second-order valence-electron chi connectivity index (χ2n) is 8.81. The molecule has 9 heteroatoms. The first kappa shape index (κ1) is 26.6. The van der Waals surface area contributed by atoms with Crippen LogP contribution in [0.5, 0.6) is 0 Å². The third-order valence-electron chi connectivity index (χ3n) is 5.87. The van der Waals surface area contributed by atoms with Gasteiger partial charge in [-0.25, -0.2) is 9.69 Å². The first-order chi connectivity index (χ1) is 18.2. The summed E-state index contributed by atoms with van der Waals surface area (Å²) in [5.41, 5.74) is 2.70. The van der Waals surface area contributed by atoms with Crippen LogP contribution in [0.1, 0.15) is 53.0 Å². The van der Waals surface area contributed by atoms with E-state index in [0.717, 1.165) is 10.5 Å². The minimum atomic E-state index is -0.737. The SMILES string of the molecule is CCOC(=O)c1cccc(N2C(=O)C(Cl)=C(Nc3cccc(C(=O)Nc4ccccc4C(C)C)c3)C2=O)c1. The normalized spacial score (nSPS) is 13.2. The Balaban J connectivity index is 1.54. The third-order valence-corrected chi connectivity index (χ3v) is 6.22. The number of carbonyl (C=O) groups is 4. The van der Waals surface area contributed by atoms with Crippen molar-refractivity contribution in [1.82, 2.24) is 0 Å². The van der Waals surface area contributed by atoms with Crippen molar-refractivity contribution in [3.05, 3.63) is 100 Å². The summed E-state index contributed by atoms with van der Waals surface area (Å²) < 4.78 is 5.00. The summed E-state index contributed by atoms with van der Waals surface area (Å²) in [5, 5.41) is 5.51. The second kappa shape index (κ2) is 11.3. The van der Waals surface area contributed by atoms with Crippen molar-refractivity contribution >= 4 is 52.4 Å². The number of nitrogens with zero attached hydrogens (tertiary/aromatic N) is 1. The maximum atomic E-state index is 13.2. The van der Waals surface area contributed by atoms with Crippen LogP contribution in [-0.2, 0) is 14.3 Å². The van der Waals surface area contributed by atoms with Crippen LogP contribution in [0.15, 0.2) is 83.5 Å². The lowest BCUT2D eigenvalue weighted by molar-refractivity contribution is -0.120. The summed E-state index contributed by atoms with van der Waals surface area (Å²) in [6.07, 6.45) is 0. The average Bonchev–Trinajstić information content (AvgIpc) is 3.12. The molecule has 4 rings (SSSR count). The predicted molar refractivity (Wildman–Crippen MR) is 146 cm³/mol. The Bertz CT molecular complexity index is 1460. The molecule has 3 aromatic rings. The fraction of sp³-hybridized carbons (Fsp3) is 0.172. The van der Waals surface area contributed by atoms with Crippen LogP contribution in [0.4, 0.5) is 17.1 Å². The zero-order chi connectivity index (χ0) is 27.4. The molecule has 0 radical (unpaired) electrons. The Labute approximate surface area is 225 Å². The van der Waals surface area contributed by atoms with Crippen molar-refractivity contribution in [2.45, 2.75) is 26.7 Å². The Morgan fingerprint density at radius 1 is 0.921 bits per heavy atom. The van der Waals surface area contributed by atoms with Gasteiger partial charge in [-0.05, 0) is 60.9 Å². The number of nitrogens with one attached hydrogen (secondary N) is 2. The third kappa shape index (κ3) is 5.45. The van der Waals surface area contributed by atoms with E-state index in [2.05, 4.69) is 10.6 Å². The van der Waals surface area contributed by atoms with Gasteiger partial charge in [-0.2, -0.15) is 0 Å². The molecule has 2 N–H and O–H groups in total. The van der Waals surface area contributed by atoms with Crippen LogP contribution in [0.2, 0.25) is 0 Å². The molecule has 0 unspecified atom stereocenters. The number of hydrogen-bond donors (Lipinski definition) is 2. The lowest BCUT2D eigenvalue weighted by Crippen LogP contribution is -2.32. The molecule has 1 heterocycles. The number of anilines is 3. The molecule has 0 aromatic heterocycles. The van der Waals surface area contributed by atoms with E-state index >= 15 is 0 Å². The number of benzene rings is 3. The standard InChI is InChI=1S/C29H26ClN3O5/c1-4-38-29(37)19-10-8-12-21(16-19)33-27(35)24(30)25(28(33)36)31-20-11-7-9-18(15-20)26(34)32-23-14-6-5-13-22(23)17(2)3/h5-17,31H,4H2,1-3H3,(H,32,34). The zero-order valence-corrected chi connectivity index (χ0v) is 21.8. The van der Waals surface area contributed by atoms with Crippen molar-refractivity contribution in [2.75, 3.05) is 22.1 Å². The molecule has 3 aromatic carbocycles. The van der Waals surface area contributed by atoms with E-state index in [1.54, 1.807) is 37.3 Å². The van der Waals surface area contributed by atoms with E-state index < -0.39 is 17.8 Å². The summed E-state index contributed by atoms with van der Waals surface area (Å²) in [6.45, 7) is 5.96. The molecular formula is C29H26ClN3O5. The number of rotatable bonds is 8. The first-order valence-electron chi connectivity index (χ1n) is 12.0. The van der Waals surface area contributed by atoms with Crippen molar-refractivity contribution in [2.24, 2.45) is 0 Å². The van der Waals surface area contributed by atoms with Crippen molar-refractivity contribution in [3.8, 4) is 0 Å². The number of para-hydroxylation sites is 1. The Hall–Kier alpha value is -4.43. The molecule has 38 heavy (non-hydrogen) atoms. The van der Waals surface area contributed by atoms with Crippen molar-refractivity contribution in [3.63, 3.8) is 0 Å². The molecule has 1 aliphatic rings. The molecule has 0 saturated heterocycles. The Morgan fingerprint density at radius 3 is 2.37 bits per heavy atom. The summed E-state index contributed by atoms with van der Waals surface area (Å²) in [5.74, 6) is -2.11. The van der Waals surface area contributed by atoms with Gasteiger partial charge in [0, 0.05) is 16.9 Å². The van der Waals surface area contributed by atoms with Crippen LogP contribution >= 0.6 is 11.6 Å². The molecule has 0 spiro atoms. The van der Waals surface area contributed by atoms with Crippen LogP contribution in [-0.4, -0.2) is 30.3 Å². The van der Waals surface area contributed by atoms with Gasteiger partial charge in [0.05, 0.1) is 17.9 Å². The van der Waals surface area contributed by atoms with Gasteiger partial charge in [0.2, 0.25) is 0 Å². The molecule has 194 valence electrons. The molecule has 8 nitrogen and oxygen atoms in total. The molecular weight excluding hydrogens is 506 g/mol. The number of imide groups is 1. The highest BCUT2D eigenvalue weighted by atomic mass is 35.5. The highest BCUT2D eigenvalue weighted by Gasteiger charge is 2.39. The summed E-state index contributed by atoms with van der Waals surface area (Å²) in [7, 11) is 0. The number of esters is 1. The first-order valence-corrected chi connectivity index (χ1v) is 12.4. The minimum Gasteiger partial charge on any atom is -0.462 e. The molecule has 0 bridgehead atoms. The van der Waals surface area contributed by atoms with Crippen molar-refractivity contribution < 1.29 is 23.9 Å². The monoisotopic (exact) mass is 531 g/mol. The summed E-state index contributed by atoms with van der Waals surface area (Å²) in [4.78, 5) is 52.1. The number of ether oxygens (including phenoxy) is 1. The largest absolute Gasteiger partial charge is 0.462 e.